The largest absolute Gasteiger partial charge is 0.507 e. The summed E-state index contributed by atoms with van der Waals surface area (Å²) in [5.74, 6) is -0.479. The fraction of sp³-hybridized carbons (Fsp3) is 0.500. The number of alkyl halides is 3. The van der Waals surface area contributed by atoms with Gasteiger partial charge < -0.3 is 20.1 Å². The van der Waals surface area contributed by atoms with E-state index >= 15 is 0 Å². The van der Waals surface area contributed by atoms with Crippen molar-refractivity contribution in [3.8, 4) is 5.75 Å². The van der Waals surface area contributed by atoms with Crippen molar-refractivity contribution in [2.75, 3.05) is 6.54 Å². The minimum absolute atomic E-state index is 0.0806. The maximum Gasteiger partial charge on any atom is 0.491 e. The van der Waals surface area contributed by atoms with Crippen LogP contribution in [0.25, 0.3) is 6.08 Å². The third-order valence-corrected chi connectivity index (χ3v) is 4.49. The van der Waals surface area contributed by atoms with Gasteiger partial charge in [-0.25, -0.2) is 0 Å². The number of phenolic OH excluding ortho intramolecular Hbond substituents is 1. The summed E-state index contributed by atoms with van der Waals surface area (Å²) in [5.41, 5.74) is 4.45. The van der Waals surface area contributed by atoms with Gasteiger partial charge in [-0.15, -0.1) is 0 Å². The highest BCUT2D eigenvalue weighted by molar-refractivity contribution is 6.55. The molecule has 0 spiro atoms. The summed E-state index contributed by atoms with van der Waals surface area (Å²) in [6.45, 7) is 7.62. The first-order valence-corrected chi connectivity index (χ1v) is 7.54. The zero-order chi connectivity index (χ0) is 18.3. The number of hydrogen-bond acceptors (Lipinski definition) is 4. The highest BCUT2D eigenvalue weighted by atomic mass is 19.4. The molecule has 0 amide bonds. The summed E-state index contributed by atoms with van der Waals surface area (Å²) in [4.78, 5) is 0. The van der Waals surface area contributed by atoms with E-state index < -0.39 is 35.8 Å². The molecule has 0 aromatic heterocycles. The van der Waals surface area contributed by atoms with E-state index in [-0.39, 0.29) is 12.1 Å². The van der Waals surface area contributed by atoms with Crippen molar-refractivity contribution in [3.63, 3.8) is 0 Å². The Hall–Kier alpha value is -1.51. The lowest BCUT2D eigenvalue weighted by Crippen LogP contribution is -2.41. The van der Waals surface area contributed by atoms with E-state index in [1.165, 1.54) is 12.1 Å². The average Bonchev–Trinajstić information content (AvgIpc) is 2.64. The molecule has 24 heavy (non-hydrogen) atoms. The number of rotatable bonds is 3. The molecule has 0 aliphatic carbocycles. The summed E-state index contributed by atoms with van der Waals surface area (Å²) >= 11 is 0. The van der Waals surface area contributed by atoms with Gasteiger partial charge in [-0.05, 0) is 45.3 Å². The van der Waals surface area contributed by atoms with Crippen molar-refractivity contribution < 1.29 is 27.6 Å². The Kier molecular flexibility index (Phi) is 4.78. The molecular formula is C16H21BF3NO3. The van der Waals surface area contributed by atoms with E-state index in [2.05, 4.69) is 0 Å². The molecule has 0 radical (unpaired) electrons. The Morgan fingerprint density at radius 2 is 1.75 bits per heavy atom. The molecule has 0 bridgehead atoms. The standard InChI is InChI=1S/C16H21BF3NO3/c1-14(2)15(3,4)24-17(23-14)12(9-21)7-10-5-6-11(8-13(10)22)16(18,19)20/h5-8,22H,9,21H2,1-4H3. The normalized spacial score (nSPS) is 20.5. The molecule has 4 nitrogen and oxygen atoms in total. The van der Waals surface area contributed by atoms with Crippen LogP contribution in [0.4, 0.5) is 13.2 Å². The zero-order valence-corrected chi connectivity index (χ0v) is 14.1. The molecule has 0 atom stereocenters. The molecule has 3 N–H and O–H groups in total. The Morgan fingerprint density at radius 1 is 1.21 bits per heavy atom. The van der Waals surface area contributed by atoms with Gasteiger partial charge in [0.05, 0.1) is 16.8 Å². The highest BCUT2D eigenvalue weighted by Crippen LogP contribution is 2.39. The summed E-state index contributed by atoms with van der Waals surface area (Å²) in [7, 11) is -0.721. The lowest BCUT2D eigenvalue weighted by molar-refractivity contribution is -0.137. The quantitative estimate of drug-likeness (QED) is 0.826. The Balaban J connectivity index is 2.32. The van der Waals surface area contributed by atoms with Gasteiger partial charge in [-0.1, -0.05) is 12.1 Å². The molecule has 8 heteroatoms. The van der Waals surface area contributed by atoms with Crippen molar-refractivity contribution in [1.29, 1.82) is 0 Å². The second-order valence-corrected chi connectivity index (χ2v) is 6.78. The fourth-order valence-electron chi connectivity index (χ4n) is 2.26. The monoisotopic (exact) mass is 343 g/mol. The molecule has 1 aromatic rings. The molecule has 1 heterocycles. The molecule has 1 aliphatic heterocycles. The molecule has 1 aromatic carbocycles. The second-order valence-electron chi connectivity index (χ2n) is 6.78. The van der Waals surface area contributed by atoms with E-state index in [4.69, 9.17) is 15.0 Å². The number of halogens is 3. The fourth-order valence-corrected chi connectivity index (χ4v) is 2.26. The minimum atomic E-state index is -4.51. The predicted octanol–water partition coefficient (Wildman–Crippen LogP) is 3.38. The number of benzene rings is 1. The molecule has 0 saturated carbocycles. The van der Waals surface area contributed by atoms with Gasteiger partial charge in [0.25, 0.3) is 0 Å². The van der Waals surface area contributed by atoms with Gasteiger partial charge in [0, 0.05) is 12.1 Å². The van der Waals surface area contributed by atoms with E-state index in [0.29, 0.717) is 11.5 Å². The van der Waals surface area contributed by atoms with Crippen LogP contribution >= 0.6 is 0 Å². The number of aromatic hydroxyl groups is 1. The van der Waals surface area contributed by atoms with Crippen LogP contribution in [-0.2, 0) is 15.5 Å². The zero-order valence-electron chi connectivity index (χ0n) is 14.1. The molecule has 132 valence electrons. The van der Waals surface area contributed by atoms with Crippen LogP contribution in [0, 0.1) is 0 Å². The van der Waals surface area contributed by atoms with Crippen molar-refractivity contribution >= 4 is 13.2 Å². The van der Waals surface area contributed by atoms with Gasteiger partial charge >= 0.3 is 13.3 Å². The lowest BCUT2D eigenvalue weighted by Gasteiger charge is -2.32. The number of phenols is 1. The molecule has 1 saturated heterocycles. The van der Waals surface area contributed by atoms with Crippen LogP contribution in [-0.4, -0.2) is 30.0 Å². The average molecular weight is 343 g/mol. The first-order valence-electron chi connectivity index (χ1n) is 7.54. The third-order valence-electron chi connectivity index (χ3n) is 4.49. The summed E-state index contributed by atoms with van der Waals surface area (Å²) < 4.78 is 49.7. The van der Waals surface area contributed by atoms with E-state index in [0.717, 1.165) is 6.07 Å². The first kappa shape index (κ1) is 18.8. The summed E-state index contributed by atoms with van der Waals surface area (Å²) in [6, 6.07) is 2.78. The molecule has 1 aliphatic rings. The first-order chi connectivity index (χ1) is 10.9. The van der Waals surface area contributed by atoms with Crippen LogP contribution < -0.4 is 5.73 Å². The SMILES string of the molecule is CC1(C)OB(C(=Cc2ccc(C(F)(F)F)cc2O)CN)OC1(C)C. The molecule has 0 unspecified atom stereocenters. The highest BCUT2D eigenvalue weighted by Gasteiger charge is 2.52. The Bertz CT molecular complexity index is 640. The van der Waals surface area contributed by atoms with Gasteiger partial charge in [-0.2, -0.15) is 13.2 Å². The van der Waals surface area contributed by atoms with Crippen molar-refractivity contribution in [3.05, 3.63) is 34.8 Å². The topological polar surface area (TPSA) is 64.7 Å². The van der Waals surface area contributed by atoms with Crippen molar-refractivity contribution in [1.82, 2.24) is 0 Å². The van der Waals surface area contributed by atoms with Gasteiger partial charge in [0.2, 0.25) is 0 Å². The van der Waals surface area contributed by atoms with Crippen LogP contribution in [0.3, 0.4) is 0 Å². The minimum Gasteiger partial charge on any atom is -0.507 e. The van der Waals surface area contributed by atoms with E-state index in [1.807, 2.05) is 27.7 Å². The second kappa shape index (κ2) is 6.09. The van der Waals surface area contributed by atoms with Crippen LogP contribution in [0.1, 0.15) is 38.8 Å². The molecule has 2 rings (SSSR count). The maximum atomic E-state index is 12.7. The van der Waals surface area contributed by atoms with Crippen molar-refractivity contribution in [2.24, 2.45) is 5.73 Å². The van der Waals surface area contributed by atoms with Crippen LogP contribution in [0.15, 0.2) is 23.7 Å². The Labute approximate surface area is 139 Å². The van der Waals surface area contributed by atoms with Crippen LogP contribution in [0.2, 0.25) is 0 Å². The van der Waals surface area contributed by atoms with Gasteiger partial charge in [0.1, 0.15) is 5.75 Å². The molecule has 1 fully saturated rings. The predicted molar refractivity (Wildman–Crippen MR) is 86.2 cm³/mol. The molecular weight excluding hydrogens is 322 g/mol. The summed E-state index contributed by atoms with van der Waals surface area (Å²) in [6.07, 6.45) is -3.01. The van der Waals surface area contributed by atoms with Gasteiger partial charge in [-0.3, -0.25) is 0 Å². The smallest absolute Gasteiger partial charge is 0.491 e. The Morgan fingerprint density at radius 3 is 2.17 bits per heavy atom. The number of hydrogen-bond donors (Lipinski definition) is 2. The third kappa shape index (κ3) is 3.60. The number of nitrogens with two attached hydrogens (primary N) is 1. The van der Waals surface area contributed by atoms with Gasteiger partial charge in [0.15, 0.2) is 0 Å². The van der Waals surface area contributed by atoms with E-state index in [1.54, 1.807) is 0 Å². The van der Waals surface area contributed by atoms with Crippen LogP contribution in [0.5, 0.6) is 5.75 Å². The lowest BCUT2D eigenvalue weighted by atomic mass is 9.77. The summed E-state index contributed by atoms with van der Waals surface area (Å²) in [5, 5.41) is 9.88. The maximum absolute atomic E-state index is 12.7. The van der Waals surface area contributed by atoms with E-state index in [9.17, 15) is 18.3 Å². The van der Waals surface area contributed by atoms with Crippen molar-refractivity contribution in [2.45, 2.75) is 45.1 Å².